The molecule has 2 aromatic heterocycles. The second-order valence-electron chi connectivity index (χ2n) is 5.03. The Bertz CT molecular complexity index is 676. The molecule has 2 aliphatic rings. The van der Waals surface area contributed by atoms with E-state index >= 15 is 0 Å². The molecule has 2 fully saturated rings. The summed E-state index contributed by atoms with van der Waals surface area (Å²) in [5.74, 6) is 0.273. The van der Waals surface area contributed by atoms with Crippen LogP contribution in [0.25, 0.3) is 11.2 Å². The number of hydrogen-bond donors (Lipinski definition) is 3. The van der Waals surface area contributed by atoms with Gasteiger partial charge in [0.05, 0.1) is 19.5 Å². The summed E-state index contributed by atoms with van der Waals surface area (Å²) >= 11 is 0. The minimum absolute atomic E-state index is 0.162. The Morgan fingerprint density at radius 3 is 3.05 bits per heavy atom. The van der Waals surface area contributed by atoms with Gasteiger partial charge < -0.3 is 25.4 Å². The number of nitrogens with zero attached hydrogens (tertiary/aromatic N) is 4. The van der Waals surface area contributed by atoms with Crippen LogP contribution >= 0.6 is 0 Å². The van der Waals surface area contributed by atoms with Crippen LogP contribution in [0.4, 0.5) is 5.82 Å². The van der Waals surface area contributed by atoms with Crippen molar-refractivity contribution in [3.05, 3.63) is 12.7 Å². The molecule has 0 aromatic carbocycles. The molecule has 0 saturated carbocycles. The standard InChI is InChI=1S/C11H13N5O4/c12-8-5-9(14-3-13-8)16(4-15-5)10-6-7(18)11(1-17,20-10)2-19-6/h3-4,6-7,10,17-18H,1-2H2,(H2,12,13,14)/t6-,7+,10?,11-/m1/s1. The van der Waals surface area contributed by atoms with Crippen molar-refractivity contribution < 1.29 is 19.7 Å². The van der Waals surface area contributed by atoms with Crippen LogP contribution in [0.1, 0.15) is 6.23 Å². The highest BCUT2D eigenvalue weighted by atomic mass is 16.7. The second kappa shape index (κ2) is 3.85. The average Bonchev–Trinajstić information content (AvgIpc) is 3.10. The quantitative estimate of drug-likeness (QED) is 0.601. The molecule has 0 spiro atoms. The van der Waals surface area contributed by atoms with Crippen LogP contribution in [0.2, 0.25) is 0 Å². The van der Waals surface area contributed by atoms with Crippen LogP contribution in [0, 0.1) is 0 Å². The van der Waals surface area contributed by atoms with Crippen molar-refractivity contribution in [2.45, 2.75) is 24.0 Å². The number of nitrogens with two attached hydrogens (primary N) is 1. The second-order valence-corrected chi connectivity index (χ2v) is 5.03. The number of anilines is 1. The van der Waals surface area contributed by atoms with Crippen LogP contribution in [0.15, 0.2) is 12.7 Å². The lowest BCUT2D eigenvalue weighted by Gasteiger charge is -2.29. The van der Waals surface area contributed by atoms with Gasteiger partial charge in [0.2, 0.25) is 0 Å². The zero-order valence-corrected chi connectivity index (χ0v) is 10.4. The van der Waals surface area contributed by atoms with E-state index in [1.807, 2.05) is 0 Å². The molecule has 0 radical (unpaired) electrons. The Labute approximate surface area is 113 Å². The summed E-state index contributed by atoms with van der Waals surface area (Å²) in [6, 6.07) is 0. The molecule has 106 valence electrons. The fraction of sp³-hybridized carbons (Fsp3) is 0.545. The summed E-state index contributed by atoms with van der Waals surface area (Å²) in [7, 11) is 0. The molecule has 9 heteroatoms. The van der Waals surface area contributed by atoms with Crippen molar-refractivity contribution in [2.75, 3.05) is 18.9 Å². The molecule has 2 bridgehead atoms. The van der Waals surface area contributed by atoms with E-state index in [1.165, 1.54) is 12.7 Å². The molecule has 2 aromatic rings. The summed E-state index contributed by atoms with van der Waals surface area (Å²) in [5, 5.41) is 19.6. The average molecular weight is 279 g/mol. The topological polar surface area (TPSA) is 129 Å². The first kappa shape index (κ1) is 12.0. The first-order chi connectivity index (χ1) is 9.66. The fourth-order valence-electron chi connectivity index (χ4n) is 2.81. The van der Waals surface area contributed by atoms with Gasteiger partial charge >= 0.3 is 0 Å². The molecule has 0 aliphatic carbocycles. The van der Waals surface area contributed by atoms with E-state index in [4.69, 9.17) is 15.2 Å². The van der Waals surface area contributed by atoms with E-state index in [9.17, 15) is 10.2 Å². The summed E-state index contributed by atoms with van der Waals surface area (Å²) in [6.45, 7) is -0.152. The molecular weight excluding hydrogens is 266 g/mol. The third kappa shape index (κ3) is 1.32. The van der Waals surface area contributed by atoms with Gasteiger partial charge in [0.25, 0.3) is 0 Å². The Hall–Kier alpha value is -1.81. The van der Waals surface area contributed by atoms with Crippen molar-refractivity contribution >= 4 is 17.0 Å². The van der Waals surface area contributed by atoms with Crippen molar-refractivity contribution in [3.8, 4) is 0 Å². The highest BCUT2D eigenvalue weighted by Crippen LogP contribution is 2.45. The summed E-state index contributed by atoms with van der Waals surface area (Å²) in [5.41, 5.74) is 5.62. The number of nitrogen functional groups attached to an aromatic ring is 1. The number of imidazole rings is 1. The molecule has 9 nitrogen and oxygen atoms in total. The minimum atomic E-state index is -1.08. The monoisotopic (exact) mass is 279 g/mol. The summed E-state index contributed by atoms with van der Waals surface area (Å²) in [4.78, 5) is 12.2. The lowest BCUT2D eigenvalue weighted by Crippen LogP contribution is -2.44. The van der Waals surface area contributed by atoms with E-state index in [0.717, 1.165) is 0 Å². The molecule has 4 rings (SSSR count). The van der Waals surface area contributed by atoms with Gasteiger partial charge in [-0.15, -0.1) is 0 Å². The van der Waals surface area contributed by atoms with Gasteiger partial charge in [-0.2, -0.15) is 0 Å². The maximum atomic E-state index is 10.2. The number of ether oxygens (including phenoxy) is 2. The van der Waals surface area contributed by atoms with E-state index in [1.54, 1.807) is 4.57 Å². The fourth-order valence-corrected chi connectivity index (χ4v) is 2.81. The normalized spacial score (nSPS) is 36.0. The maximum absolute atomic E-state index is 10.2. The highest BCUT2D eigenvalue weighted by molar-refractivity contribution is 5.81. The van der Waals surface area contributed by atoms with E-state index in [0.29, 0.717) is 11.2 Å². The molecule has 2 aliphatic heterocycles. The largest absolute Gasteiger partial charge is 0.393 e. The van der Waals surface area contributed by atoms with Gasteiger partial charge in [0.1, 0.15) is 29.7 Å². The van der Waals surface area contributed by atoms with Crippen molar-refractivity contribution in [1.29, 1.82) is 0 Å². The van der Waals surface area contributed by atoms with Crippen LogP contribution < -0.4 is 5.73 Å². The van der Waals surface area contributed by atoms with E-state index in [2.05, 4.69) is 15.0 Å². The van der Waals surface area contributed by atoms with Gasteiger partial charge in [0.15, 0.2) is 17.7 Å². The van der Waals surface area contributed by atoms with Gasteiger partial charge in [-0.05, 0) is 0 Å². The van der Waals surface area contributed by atoms with Crippen molar-refractivity contribution in [2.24, 2.45) is 0 Å². The predicted octanol–water partition coefficient (Wildman–Crippen LogP) is -1.57. The van der Waals surface area contributed by atoms with Crippen LogP contribution in [0.5, 0.6) is 0 Å². The predicted molar refractivity (Wildman–Crippen MR) is 65.4 cm³/mol. The van der Waals surface area contributed by atoms with Crippen LogP contribution in [-0.2, 0) is 9.47 Å². The van der Waals surface area contributed by atoms with E-state index < -0.39 is 24.0 Å². The van der Waals surface area contributed by atoms with Gasteiger partial charge in [-0.3, -0.25) is 4.57 Å². The molecule has 0 amide bonds. The Morgan fingerprint density at radius 2 is 2.30 bits per heavy atom. The van der Waals surface area contributed by atoms with Crippen LogP contribution in [-0.4, -0.2) is 60.8 Å². The first-order valence-electron chi connectivity index (χ1n) is 6.18. The molecule has 4 heterocycles. The highest BCUT2D eigenvalue weighted by Gasteiger charge is 2.61. The molecule has 4 N–H and O–H groups in total. The first-order valence-corrected chi connectivity index (χ1v) is 6.18. The maximum Gasteiger partial charge on any atom is 0.167 e. The Balaban J connectivity index is 1.80. The third-order valence-corrected chi connectivity index (χ3v) is 3.94. The zero-order valence-electron chi connectivity index (χ0n) is 10.4. The number of rotatable bonds is 2. The number of hydrogen-bond acceptors (Lipinski definition) is 8. The van der Waals surface area contributed by atoms with Gasteiger partial charge in [-0.25, -0.2) is 15.0 Å². The molecule has 4 atom stereocenters. The lowest BCUT2D eigenvalue weighted by molar-refractivity contribution is -0.185. The molecule has 20 heavy (non-hydrogen) atoms. The van der Waals surface area contributed by atoms with Gasteiger partial charge in [-0.1, -0.05) is 0 Å². The number of fused-ring (bicyclic) bond motifs is 3. The van der Waals surface area contributed by atoms with Crippen molar-refractivity contribution in [3.63, 3.8) is 0 Å². The smallest absolute Gasteiger partial charge is 0.167 e. The Kier molecular flexibility index (Phi) is 2.31. The van der Waals surface area contributed by atoms with Gasteiger partial charge in [0, 0.05) is 0 Å². The zero-order chi connectivity index (χ0) is 13.9. The molecular formula is C11H13N5O4. The summed E-state index contributed by atoms with van der Waals surface area (Å²) in [6.07, 6.45) is 0.778. The SMILES string of the molecule is Nc1ncnc2c1ncn2C1O[C@]2(CO)CO[C@@H]1[C@@H]2O. The molecule has 1 unspecified atom stereocenters. The number of aliphatic hydroxyl groups excluding tert-OH is 2. The third-order valence-electron chi connectivity index (χ3n) is 3.94. The lowest BCUT2D eigenvalue weighted by atomic mass is 10.0. The van der Waals surface area contributed by atoms with Crippen molar-refractivity contribution in [1.82, 2.24) is 19.5 Å². The van der Waals surface area contributed by atoms with Crippen LogP contribution in [0.3, 0.4) is 0 Å². The number of aromatic nitrogens is 4. The summed E-state index contributed by atoms with van der Waals surface area (Å²) < 4.78 is 13.0. The van der Waals surface area contributed by atoms with E-state index in [-0.39, 0.29) is 19.0 Å². The molecule has 2 saturated heterocycles. The Morgan fingerprint density at radius 1 is 1.45 bits per heavy atom. The minimum Gasteiger partial charge on any atom is -0.393 e. The number of aliphatic hydroxyl groups is 2.